The van der Waals surface area contributed by atoms with Crippen molar-refractivity contribution in [3.8, 4) is 0 Å². The van der Waals surface area contributed by atoms with Crippen molar-refractivity contribution in [1.29, 1.82) is 0 Å². The zero-order valence-corrected chi connectivity index (χ0v) is 16.8. The van der Waals surface area contributed by atoms with Gasteiger partial charge in [0.2, 0.25) is 5.55 Å². The van der Waals surface area contributed by atoms with Crippen LogP contribution < -0.4 is 15.7 Å². The topological polar surface area (TPSA) is 101 Å². The number of benzene rings is 3. The highest BCUT2D eigenvalue weighted by Gasteiger charge is 2.16. The Labute approximate surface area is 176 Å². The Morgan fingerprint density at radius 2 is 1.58 bits per heavy atom. The Balaban J connectivity index is 1.77. The number of nitrogens with one attached hydrogen (secondary N) is 2. The number of nitrogens with zero attached hydrogens (tertiary/aromatic N) is 1. The van der Waals surface area contributed by atoms with Gasteiger partial charge in [-0.05, 0) is 36.4 Å². The average Bonchev–Trinajstić information content (AvgIpc) is 2.79. The molecule has 9 heteroatoms. The fourth-order valence-corrected chi connectivity index (χ4v) is 3.64. The van der Waals surface area contributed by atoms with Crippen LogP contribution in [0.25, 0.3) is 11.0 Å². The van der Waals surface area contributed by atoms with Crippen molar-refractivity contribution >= 4 is 32.6 Å². The summed E-state index contributed by atoms with van der Waals surface area (Å²) in [5, 5.41) is 6.87. The smallest absolute Gasteiger partial charge is 0.276 e. The van der Waals surface area contributed by atoms with Crippen LogP contribution in [-0.2, 0) is 10.0 Å². The van der Waals surface area contributed by atoms with E-state index in [1.165, 1.54) is 36.4 Å². The van der Waals surface area contributed by atoms with E-state index in [0.717, 1.165) is 0 Å². The Morgan fingerprint density at radius 3 is 2.35 bits per heavy atom. The largest absolute Gasteiger partial charge is 0.436 e. The number of anilines is 1. The number of hydrogen-bond acceptors (Lipinski definition) is 5. The van der Waals surface area contributed by atoms with Crippen LogP contribution in [0.4, 0.5) is 10.1 Å². The summed E-state index contributed by atoms with van der Waals surface area (Å²) in [6.07, 6.45) is 0. The summed E-state index contributed by atoms with van der Waals surface area (Å²) in [6, 6.07) is 21.7. The highest BCUT2D eigenvalue weighted by molar-refractivity contribution is 7.89. The zero-order chi connectivity index (χ0) is 21.8. The van der Waals surface area contributed by atoms with Crippen LogP contribution >= 0.6 is 0 Å². The summed E-state index contributed by atoms with van der Waals surface area (Å²) in [5.41, 5.74) is 0.0174. The molecule has 1 heterocycles. The van der Waals surface area contributed by atoms with E-state index in [9.17, 15) is 17.6 Å². The van der Waals surface area contributed by atoms with Gasteiger partial charge in [0.05, 0.1) is 10.6 Å². The molecule has 0 unspecified atom stereocenters. The highest BCUT2D eigenvalue weighted by atomic mass is 32.2. The number of fused-ring (bicyclic) bond motifs is 1. The van der Waals surface area contributed by atoms with Crippen molar-refractivity contribution < 1.29 is 22.0 Å². The van der Waals surface area contributed by atoms with Crippen molar-refractivity contribution in [1.82, 2.24) is 4.83 Å². The van der Waals surface area contributed by atoms with E-state index in [1.54, 1.807) is 48.5 Å². The molecule has 0 aliphatic carbocycles. The molecule has 4 rings (SSSR count). The fraction of sp³-hybridized carbons (Fsp3) is 0. The number of carbonyl (C=O) groups is 1. The Kier molecular flexibility index (Phi) is 5.50. The number of amides is 1. The first kappa shape index (κ1) is 20.3. The standard InChI is InChI=1S/C22H16FN3O4S/c23-18-11-5-6-12-19(18)24-21(27)17-14-15-8-4-7-13-20(15)30-22(17)25-26-31(28,29)16-9-2-1-3-10-16/h1-14,26H,(H,24,27). The van der Waals surface area contributed by atoms with Gasteiger partial charge in [0.15, 0.2) is 0 Å². The predicted molar refractivity (Wildman–Crippen MR) is 113 cm³/mol. The van der Waals surface area contributed by atoms with Gasteiger partial charge < -0.3 is 9.73 Å². The molecule has 3 aromatic carbocycles. The molecular formula is C22H16FN3O4S. The minimum absolute atomic E-state index is 0.00287. The lowest BCUT2D eigenvalue weighted by Crippen LogP contribution is -2.27. The maximum absolute atomic E-state index is 14.0. The molecule has 0 saturated carbocycles. The molecule has 4 aromatic rings. The lowest BCUT2D eigenvalue weighted by atomic mass is 10.1. The maximum Gasteiger partial charge on any atom is 0.276 e. The molecule has 0 radical (unpaired) electrons. The van der Waals surface area contributed by atoms with Crippen LogP contribution in [0.1, 0.15) is 10.4 Å². The van der Waals surface area contributed by atoms with Gasteiger partial charge in [-0.3, -0.25) is 4.79 Å². The fourth-order valence-electron chi connectivity index (χ4n) is 2.82. The molecule has 0 saturated heterocycles. The van der Waals surface area contributed by atoms with E-state index in [0.29, 0.717) is 11.0 Å². The molecule has 0 aliphatic heterocycles. The third kappa shape index (κ3) is 4.46. The van der Waals surface area contributed by atoms with Crippen LogP contribution in [0.3, 0.4) is 0 Å². The van der Waals surface area contributed by atoms with E-state index in [-0.39, 0.29) is 21.7 Å². The van der Waals surface area contributed by atoms with Crippen LogP contribution in [0, 0.1) is 5.82 Å². The molecule has 156 valence electrons. The minimum atomic E-state index is -3.99. The van der Waals surface area contributed by atoms with Gasteiger partial charge in [0, 0.05) is 5.39 Å². The number of rotatable bonds is 5. The first-order valence-electron chi connectivity index (χ1n) is 9.13. The van der Waals surface area contributed by atoms with Gasteiger partial charge in [-0.2, -0.15) is 13.2 Å². The van der Waals surface area contributed by atoms with Crippen LogP contribution in [0.15, 0.2) is 99.3 Å². The van der Waals surface area contributed by atoms with E-state index < -0.39 is 21.7 Å². The van der Waals surface area contributed by atoms with E-state index in [1.807, 2.05) is 0 Å². The Morgan fingerprint density at radius 1 is 0.903 bits per heavy atom. The summed E-state index contributed by atoms with van der Waals surface area (Å²) >= 11 is 0. The first-order valence-corrected chi connectivity index (χ1v) is 10.6. The number of para-hydroxylation sites is 2. The summed E-state index contributed by atoms with van der Waals surface area (Å²) in [6.45, 7) is 0. The van der Waals surface area contributed by atoms with Gasteiger partial charge >= 0.3 is 0 Å². The van der Waals surface area contributed by atoms with Gasteiger partial charge in [0.25, 0.3) is 15.9 Å². The summed E-state index contributed by atoms with van der Waals surface area (Å²) in [7, 11) is -3.99. The maximum atomic E-state index is 14.0. The average molecular weight is 437 g/mol. The number of halogens is 1. The van der Waals surface area contributed by atoms with Crippen molar-refractivity contribution in [3.63, 3.8) is 0 Å². The first-order chi connectivity index (χ1) is 14.9. The van der Waals surface area contributed by atoms with Crippen LogP contribution in [0.2, 0.25) is 0 Å². The summed E-state index contributed by atoms with van der Waals surface area (Å²) in [5.74, 6) is -1.32. The number of sulfonamides is 1. The van der Waals surface area contributed by atoms with Crippen molar-refractivity contribution in [2.75, 3.05) is 5.32 Å². The summed E-state index contributed by atoms with van der Waals surface area (Å²) in [4.78, 5) is 14.9. The minimum Gasteiger partial charge on any atom is -0.436 e. The van der Waals surface area contributed by atoms with Crippen molar-refractivity contribution in [3.05, 3.63) is 102 Å². The third-order valence-electron chi connectivity index (χ3n) is 4.34. The molecule has 0 fully saturated rings. The van der Waals surface area contributed by atoms with E-state index in [2.05, 4.69) is 15.2 Å². The molecule has 0 spiro atoms. The SMILES string of the molecule is O=C(Nc1ccccc1F)c1cc2ccccc2oc1=NNS(=O)(=O)c1ccccc1. The Bertz CT molecular complexity index is 1430. The molecule has 31 heavy (non-hydrogen) atoms. The monoisotopic (exact) mass is 437 g/mol. The van der Waals surface area contributed by atoms with Gasteiger partial charge in [-0.1, -0.05) is 48.5 Å². The molecule has 1 amide bonds. The van der Waals surface area contributed by atoms with Crippen molar-refractivity contribution in [2.24, 2.45) is 5.10 Å². The lowest BCUT2D eigenvalue weighted by Gasteiger charge is -2.08. The zero-order valence-electron chi connectivity index (χ0n) is 15.9. The van der Waals surface area contributed by atoms with Gasteiger partial charge in [-0.15, -0.1) is 5.10 Å². The molecule has 1 aromatic heterocycles. The van der Waals surface area contributed by atoms with Crippen molar-refractivity contribution in [2.45, 2.75) is 4.90 Å². The quantitative estimate of drug-likeness (QED) is 0.466. The number of hydrogen-bond donors (Lipinski definition) is 2. The normalized spacial score (nSPS) is 12.0. The van der Waals surface area contributed by atoms with Crippen LogP contribution in [0.5, 0.6) is 0 Å². The molecule has 0 bridgehead atoms. The molecular weight excluding hydrogens is 421 g/mol. The second-order valence-corrected chi connectivity index (χ2v) is 8.12. The molecule has 0 atom stereocenters. The van der Waals surface area contributed by atoms with Gasteiger partial charge in [-0.25, -0.2) is 4.39 Å². The molecule has 2 N–H and O–H groups in total. The van der Waals surface area contributed by atoms with Crippen LogP contribution in [-0.4, -0.2) is 14.3 Å². The second kappa shape index (κ2) is 8.41. The number of carbonyl (C=O) groups excluding carboxylic acids is 1. The highest BCUT2D eigenvalue weighted by Crippen LogP contribution is 2.16. The second-order valence-electron chi connectivity index (χ2n) is 6.46. The van der Waals surface area contributed by atoms with E-state index >= 15 is 0 Å². The lowest BCUT2D eigenvalue weighted by molar-refractivity contribution is 0.102. The van der Waals surface area contributed by atoms with Gasteiger partial charge in [0.1, 0.15) is 17.0 Å². The Hall–Kier alpha value is -3.98. The summed E-state index contributed by atoms with van der Waals surface area (Å²) < 4.78 is 44.6. The third-order valence-corrected chi connectivity index (χ3v) is 5.57. The molecule has 7 nitrogen and oxygen atoms in total. The van der Waals surface area contributed by atoms with E-state index in [4.69, 9.17) is 4.42 Å². The predicted octanol–water partition coefficient (Wildman–Crippen LogP) is 3.62. The molecule has 0 aliphatic rings.